The summed E-state index contributed by atoms with van der Waals surface area (Å²) in [4.78, 5) is 14.5. The zero-order valence-electron chi connectivity index (χ0n) is 10.1. The van der Waals surface area contributed by atoms with Crippen LogP contribution in [0.25, 0.3) is 0 Å². The van der Waals surface area contributed by atoms with Crippen molar-refractivity contribution < 1.29 is 4.79 Å². The molecule has 1 saturated heterocycles. The molecule has 0 unspecified atom stereocenters. The van der Waals surface area contributed by atoms with E-state index in [0.717, 1.165) is 37.2 Å². The van der Waals surface area contributed by atoms with Gasteiger partial charge in [-0.2, -0.15) is 0 Å². The number of hydrogen-bond acceptors (Lipinski definition) is 2. The van der Waals surface area contributed by atoms with Gasteiger partial charge in [-0.15, -0.1) is 0 Å². The Hall–Kier alpha value is -1.51. The van der Waals surface area contributed by atoms with Crippen LogP contribution >= 0.6 is 0 Å². The van der Waals surface area contributed by atoms with Gasteiger partial charge < -0.3 is 10.2 Å². The highest BCUT2D eigenvalue weighted by atomic mass is 16.2. The second kappa shape index (κ2) is 4.06. The molecule has 0 aromatic heterocycles. The Bertz CT molecular complexity index is 444. The fraction of sp³-hybridized carbons (Fsp3) is 0.500. The Labute approximate surface area is 102 Å². The largest absolute Gasteiger partial charge is 0.382 e. The van der Waals surface area contributed by atoms with Crippen molar-refractivity contribution in [2.45, 2.75) is 25.8 Å². The molecule has 17 heavy (non-hydrogen) atoms. The summed E-state index contributed by atoms with van der Waals surface area (Å²) in [7, 11) is 0. The first-order valence-corrected chi connectivity index (χ1v) is 6.45. The Morgan fingerprint density at radius 1 is 1.41 bits per heavy atom. The maximum atomic E-state index is 12.5. The van der Waals surface area contributed by atoms with Crippen molar-refractivity contribution in [1.82, 2.24) is 4.90 Å². The highest BCUT2D eigenvalue weighted by Crippen LogP contribution is 2.32. The van der Waals surface area contributed by atoms with Gasteiger partial charge in [-0.1, -0.05) is 25.5 Å². The maximum Gasteiger partial charge on any atom is 0.256 e. The standard InChI is InChI=1S/C14H18N2O/c1-2-10-7-8-16-13(10)9-15-12-6-4-3-5-11(12)14(16)17/h3-6,10,13,15H,2,7-9H2,1H3/t10-,13-/m1/s1. The molecule has 3 heteroatoms. The molecular formula is C14H18N2O. The van der Waals surface area contributed by atoms with Crippen molar-refractivity contribution in [3.63, 3.8) is 0 Å². The predicted octanol–water partition coefficient (Wildman–Crippen LogP) is 2.35. The van der Waals surface area contributed by atoms with Gasteiger partial charge >= 0.3 is 0 Å². The number of carbonyl (C=O) groups excluding carboxylic acids is 1. The number of carbonyl (C=O) groups is 1. The molecule has 90 valence electrons. The number of nitrogens with zero attached hydrogens (tertiary/aromatic N) is 1. The number of fused-ring (bicyclic) bond motifs is 2. The smallest absolute Gasteiger partial charge is 0.256 e. The third-order valence-corrected chi connectivity index (χ3v) is 4.13. The number of nitrogens with one attached hydrogen (secondary N) is 1. The van der Waals surface area contributed by atoms with Gasteiger partial charge in [0, 0.05) is 18.8 Å². The Kier molecular flexibility index (Phi) is 2.54. The molecule has 1 amide bonds. The summed E-state index contributed by atoms with van der Waals surface area (Å²) in [5.41, 5.74) is 1.81. The first kappa shape index (κ1) is 10.6. The van der Waals surface area contributed by atoms with Crippen LogP contribution in [0.2, 0.25) is 0 Å². The lowest BCUT2D eigenvalue weighted by atomic mass is 9.97. The van der Waals surface area contributed by atoms with Crippen LogP contribution in [0.15, 0.2) is 24.3 Å². The molecule has 1 fully saturated rings. The predicted molar refractivity (Wildman–Crippen MR) is 68.2 cm³/mol. The van der Waals surface area contributed by atoms with E-state index in [0.29, 0.717) is 12.0 Å². The van der Waals surface area contributed by atoms with Crippen LogP contribution in [-0.2, 0) is 0 Å². The number of rotatable bonds is 1. The molecule has 0 saturated carbocycles. The molecule has 1 aromatic carbocycles. The summed E-state index contributed by atoms with van der Waals surface area (Å²) < 4.78 is 0. The van der Waals surface area contributed by atoms with E-state index in [9.17, 15) is 4.79 Å². The minimum Gasteiger partial charge on any atom is -0.382 e. The summed E-state index contributed by atoms with van der Waals surface area (Å²) >= 11 is 0. The van der Waals surface area contributed by atoms with Gasteiger partial charge in [0.05, 0.1) is 11.6 Å². The monoisotopic (exact) mass is 230 g/mol. The average molecular weight is 230 g/mol. The molecule has 0 radical (unpaired) electrons. The molecule has 1 aromatic rings. The van der Waals surface area contributed by atoms with Crippen molar-refractivity contribution >= 4 is 11.6 Å². The minimum atomic E-state index is 0.201. The SMILES string of the molecule is CC[C@@H]1CCN2C(=O)c3ccccc3NC[C@H]12. The van der Waals surface area contributed by atoms with Gasteiger partial charge in [0.25, 0.3) is 5.91 Å². The van der Waals surface area contributed by atoms with Crippen molar-refractivity contribution in [3.8, 4) is 0 Å². The van der Waals surface area contributed by atoms with Crippen molar-refractivity contribution in [2.75, 3.05) is 18.4 Å². The van der Waals surface area contributed by atoms with E-state index < -0.39 is 0 Å². The molecule has 0 aliphatic carbocycles. The first-order chi connectivity index (χ1) is 8.31. The summed E-state index contributed by atoms with van der Waals surface area (Å²) in [6, 6.07) is 8.21. The molecule has 0 bridgehead atoms. The summed E-state index contributed by atoms with van der Waals surface area (Å²) in [6.45, 7) is 4.02. The van der Waals surface area contributed by atoms with Gasteiger partial charge in [-0.05, 0) is 24.5 Å². The lowest BCUT2D eigenvalue weighted by molar-refractivity contribution is 0.0734. The molecule has 2 atom stereocenters. The number of benzene rings is 1. The van der Waals surface area contributed by atoms with Gasteiger partial charge in [0.2, 0.25) is 0 Å². The fourth-order valence-electron chi connectivity index (χ4n) is 3.12. The van der Waals surface area contributed by atoms with Crippen LogP contribution in [-0.4, -0.2) is 29.9 Å². The fourth-order valence-corrected chi connectivity index (χ4v) is 3.12. The third kappa shape index (κ3) is 1.61. The second-order valence-corrected chi connectivity index (χ2v) is 4.95. The number of para-hydroxylation sites is 1. The van der Waals surface area contributed by atoms with Crippen LogP contribution in [0.4, 0.5) is 5.69 Å². The Morgan fingerprint density at radius 3 is 3.06 bits per heavy atom. The van der Waals surface area contributed by atoms with E-state index in [4.69, 9.17) is 0 Å². The lowest BCUT2D eigenvalue weighted by Gasteiger charge is -2.25. The Balaban J connectivity index is 1.97. The summed E-state index contributed by atoms with van der Waals surface area (Å²) in [6.07, 6.45) is 2.31. The third-order valence-electron chi connectivity index (χ3n) is 4.13. The van der Waals surface area contributed by atoms with Gasteiger partial charge in [0.15, 0.2) is 0 Å². The van der Waals surface area contributed by atoms with E-state index in [-0.39, 0.29) is 5.91 Å². The highest BCUT2D eigenvalue weighted by Gasteiger charge is 2.38. The first-order valence-electron chi connectivity index (χ1n) is 6.45. The van der Waals surface area contributed by atoms with Crippen molar-refractivity contribution in [2.24, 2.45) is 5.92 Å². The summed E-state index contributed by atoms with van der Waals surface area (Å²) in [5, 5.41) is 3.43. The number of hydrogen-bond donors (Lipinski definition) is 1. The molecular weight excluding hydrogens is 212 g/mol. The molecule has 2 aliphatic rings. The van der Waals surface area contributed by atoms with E-state index in [2.05, 4.69) is 17.1 Å². The van der Waals surface area contributed by atoms with Crippen molar-refractivity contribution in [1.29, 1.82) is 0 Å². The van der Waals surface area contributed by atoms with Gasteiger partial charge in [-0.3, -0.25) is 4.79 Å². The second-order valence-electron chi connectivity index (χ2n) is 4.95. The highest BCUT2D eigenvalue weighted by molar-refractivity contribution is 6.00. The van der Waals surface area contributed by atoms with E-state index >= 15 is 0 Å². The summed E-state index contributed by atoms with van der Waals surface area (Å²) in [5.74, 6) is 0.854. The molecule has 2 aliphatic heterocycles. The zero-order valence-corrected chi connectivity index (χ0v) is 10.1. The molecule has 3 rings (SSSR count). The van der Waals surface area contributed by atoms with E-state index in [1.54, 1.807) is 0 Å². The lowest BCUT2D eigenvalue weighted by Crippen LogP contribution is -2.39. The maximum absolute atomic E-state index is 12.5. The van der Waals surface area contributed by atoms with Crippen LogP contribution in [0.5, 0.6) is 0 Å². The van der Waals surface area contributed by atoms with E-state index in [1.165, 1.54) is 0 Å². The van der Waals surface area contributed by atoms with Crippen LogP contribution in [0.3, 0.4) is 0 Å². The average Bonchev–Trinajstić information content (AvgIpc) is 2.73. The Morgan fingerprint density at radius 2 is 2.24 bits per heavy atom. The number of amides is 1. The zero-order chi connectivity index (χ0) is 11.8. The van der Waals surface area contributed by atoms with Crippen molar-refractivity contribution in [3.05, 3.63) is 29.8 Å². The number of anilines is 1. The van der Waals surface area contributed by atoms with Crippen LogP contribution in [0, 0.1) is 5.92 Å². The van der Waals surface area contributed by atoms with E-state index in [1.807, 2.05) is 24.3 Å². The molecule has 2 heterocycles. The molecule has 1 N–H and O–H groups in total. The van der Waals surface area contributed by atoms with Gasteiger partial charge in [0.1, 0.15) is 0 Å². The normalized spacial score (nSPS) is 27.1. The van der Waals surface area contributed by atoms with Crippen LogP contribution < -0.4 is 5.32 Å². The quantitative estimate of drug-likeness (QED) is 0.803. The van der Waals surface area contributed by atoms with Crippen LogP contribution in [0.1, 0.15) is 30.1 Å². The minimum absolute atomic E-state index is 0.201. The topological polar surface area (TPSA) is 32.3 Å². The van der Waals surface area contributed by atoms with Gasteiger partial charge in [-0.25, -0.2) is 0 Å². The molecule has 3 nitrogen and oxygen atoms in total. The molecule has 0 spiro atoms.